The molecule has 1 aliphatic heterocycles. The van der Waals surface area contributed by atoms with Crippen molar-refractivity contribution < 1.29 is 4.74 Å². The fraction of sp³-hybridized carbons (Fsp3) is 0.455. The lowest BCUT2D eigenvalue weighted by Crippen LogP contribution is -2.46. The molecule has 0 aromatic heterocycles. The number of hydrogen-bond acceptors (Lipinski definition) is 3. The van der Waals surface area contributed by atoms with Crippen LogP contribution in [0.4, 0.5) is 5.69 Å². The van der Waals surface area contributed by atoms with E-state index < -0.39 is 0 Å². The molecule has 3 nitrogen and oxygen atoms in total. The molecular weight excluding hydrogens is 308 g/mol. The zero-order valence-corrected chi connectivity index (χ0v) is 16.2. The molecule has 0 bridgehead atoms. The van der Waals surface area contributed by atoms with Crippen LogP contribution in [0.3, 0.4) is 0 Å². The maximum absolute atomic E-state index is 5.43. The lowest BCUT2D eigenvalue weighted by Gasteiger charge is -2.37. The Balaban J connectivity index is 1.65. The molecule has 0 N–H and O–H groups in total. The molecule has 134 valence electrons. The molecule has 25 heavy (non-hydrogen) atoms. The predicted molar refractivity (Wildman–Crippen MR) is 106 cm³/mol. The fourth-order valence-corrected chi connectivity index (χ4v) is 3.69. The fourth-order valence-electron chi connectivity index (χ4n) is 3.69. The average Bonchev–Trinajstić information content (AvgIpc) is 2.62. The zero-order chi connectivity index (χ0) is 18.0. The molecule has 0 aliphatic carbocycles. The van der Waals surface area contributed by atoms with Crippen molar-refractivity contribution in [3.05, 3.63) is 58.1 Å². The minimum Gasteiger partial charge on any atom is -0.496 e. The molecule has 0 saturated carbocycles. The summed E-state index contributed by atoms with van der Waals surface area (Å²) in [6.45, 7) is 14.2. The van der Waals surface area contributed by atoms with Crippen LogP contribution in [0.5, 0.6) is 5.75 Å². The summed E-state index contributed by atoms with van der Waals surface area (Å²) in [6.07, 6.45) is 0. The second-order valence-electron chi connectivity index (χ2n) is 7.23. The van der Waals surface area contributed by atoms with Gasteiger partial charge in [0.2, 0.25) is 0 Å². The van der Waals surface area contributed by atoms with Gasteiger partial charge in [-0.05, 0) is 67.6 Å². The number of methoxy groups -OCH3 is 1. The largest absolute Gasteiger partial charge is 0.496 e. The van der Waals surface area contributed by atoms with E-state index in [9.17, 15) is 0 Å². The second kappa shape index (κ2) is 7.49. The molecule has 0 atom stereocenters. The van der Waals surface area contributed by atoms with Gasteiger partial charge in [-0.25, -0.2) is 0 Å². The van der Waals surface area contributed by atoms with Crippen LogP contribution < -0.4 is 9.64 Å². The van der Waals surface area contributed by atoms with Crippen molar-refractivity contribution in [3.8, 4) is 5.75 Å². The monoisotopic (exact) mass is 338 g/mol. The SMILES string of the molecule is COc1ccc(CN2CCN(c3cc(C)ccc3C)CC2)c(C)c1C. The highest BCUT2D eigenvalue weighted by Crippen LogP contribution is 2.26. The standard InChI is InChI=1S/C22H30N2O/c1-16-6-7-17(2)21(14-16)24-12-10-23(11-13-24)15-20-8-9-22(25-5)19(4)18(20)3/h6-9,14H,10-13,15H2,1-5H3. The van der Waals surface area contributed by atoms with E-state index in [1.807, 2.05) is 0 Å². The van der Waals surface area contributed by atoms with Gasteiger partial charge in [0, 0.05) is 38.4 Å². The quantitative estimate of drug-likeness (QED) is 0.829. The van der Waals surface area contributed by atoms with E-state index in [4.69, 9.17) is 4.74 Å². The van der Waals surface area contributed by atoms with E-state index in [1.54, 1.807) is 7.11 Å². The van der Waals surface area contributed by atoms with E-state index in [0.29, 0.717) is 0 Å². The molecule has 0 spiro atoms. The first-order valence-electron chi connectivity index (χ1n) is 9.17. The molecule has 2 aromatic rings. The molecule has 0 radical (unpaired) electrons. The Morgan fingerprint density at radius 3 is 2.28 bits per heavy atom. The first-order chi connectivity index (χ1) is 12.0. The third-order valence-corrected chi connectivity index (χ3v) is 5.54. The highest BCUT2D eigenvalue weighted by Gasteiger charge is 2.19. The van der Waals surface area contributed by atoms with Crippen LogP contribution in [-0.2, 0) is 6.54 Å². The van der Waals surface area contributed by atoms with E-state index in [2.05, 4.69) is 67.8 Å². The van der Waals surface area contributed by atoms with Crippen LogP contribution in [0.15, 0.2) is 30.3 Å². The topological polar surface area (TPSA) is 15.7 Å². The van der Waals surface area contributed by atoms with Gasteiger partial charge in [-0.15, -0.1) is 0 Å². The van der Waals surface area contributed by atoms with Crippen LogP contribution in [0, 0.1) is 27.7 Å². The number of hydrogen-bond donors (Lipinski definition) is 0. The number of nitrogens with zero attached hydrogens (tertiary/aromatic N) is 2. The minimum atomic E-state index is 0.987. The molecule has 1 heterocycles. The van der Waals surface area contributed by atoms with Gasteiger partial charge in [0.15, 0.2) is 0 Å². The van der Waals surface area contributed by atoms with Gasteiger partial charge >= 0.3 is 0 Å². The molecule has 1 saturated heterocycles. The molecule has 0 unspecified atom stereocenters. The van der Waals surface area contributed by atoms with Gasteiger partial charge in [-0.2, -0.15) is 0 Å². The third-order valence-electron chi connectivity index (χ3n) is 5.54. The Hall–Kier alpha value is -2.00. The Labute approximate surface area is 152 Å². The molecule has 3 heteroatoms. The van der Waals surface area contributed by atoms with Crippen molar-refractivity contribution in [2.24, 2.45) is 0 Å². The molecule has 2 aromatic carbocycles. The van der Waals surface area contributed by atoms with Crippen molar-refractivity contribution in [1.29, 1.82) is 0 Å². The minimum absolute atomic E-state index is 0.987. The molecule has 1 fully saturated rings. The van der Waals surface area contributed by atoms with Gasteiger partial charge < -0.3 is 9.64 Å². The van der Waals surface area contributed by atoms with E-state index in [1.165, 1.54) is 33.5 Å². The van der Waals surface area contributed by atoms with E-state index in [-0.39, 0.29) is 0 Å². The Morgan fingerprint density at radius 2 is 1.60 bits per heavy atom. The van der Waals surface area contributed by atoms with Gasteiger partial charge in [-0.1, -0.05) is 18.2 Å². The van der Waals surface area contributed by atoms with Crippen molar-refractivity contribution in [1.82, 2.24) is 4.90 Å². The van der Waals surface area contributed by atoms with E-state index in [0.717, 1.165) is 38.5 Å². The second-order valence-corrected chi connectivity index (χ2v) is 7.23. The Morgan fingerprint density at radius 1 is 0.880 bits per heavy atom. The van der Waals surface area contributed by atoms with E-state index >= 15 is 0 Å². The molecule has 3 rings (SSSR count). The number of rotatable bonds is 4. The molecule has 1 aliphatic rings. The van der Waals surface area contributed by atoms with Crippen LogP contribution in [0.25, 0.3) is 0 Å². The first-order valence-corrected chi connectivity index (χ1v) is 9.17. The van der Waals surface area contributed by atoms with Crippen molar-refractivity contribution >= 4 is 5.69 Å². The highest BCUT2D eigenvalue weighted by molar-refractivity contribution is 5.55. The van der Waals surface area contributed by atoms with Gasteiger partial charge in [-0.3, -0.25) is 4.90 Å². The first kappa shape index (κ1) is 17.8. The summed E-state index contributed by atoms with van der Waals surface area (Å²) in [5.74, 6) is 0.987. The lowest BCUT2D eigenvalue weighted by molar-refractivity contribution is 0.249. The zero-order valence-electron chi connectivity index (χ0n) is 16.2. The lowest BCUT2D eigenvalue weighted by atomic mass is 10.0. The third kappa shape index (κ3) is 3.82. The molecule has 0 amide bonds. The van der Waals surface area contributed by atoms with Crippen LogP contribution in [0.1, 0.15) is 27.8 Å². The summed E-state index contributed by atoms with van der Waals surface area (Å²) in [4.78, 5) is 5.10. The van der Waals surface area contributed by atoms with Crippen molar-refractivity contribution in [2.75, 3.05) is 38.2 Å². The number of benzene rings is 2. The summed E-state index contributed by atoms with van der Waals surface area (Å²) in [5.41, 5.74) is 8.15. The van der Waals surface area contributed by atoms with Gasteiger partial charge in [0.05, 0.1) is 7.11 Å². The highest BCUT2D eigenvalue weighted by atomic mass is 16.5. The Kier molecular flexibility index (Phi) is 5.33. The summed E-state index contributed by atoms with van der Waals surface area (Å²) < 4.78 is 5.43. The van der Waals surface area contributed by atoms with Crippen molar-refractivity contribution in [2.45, 2.75) is 34.2 Å². The van der Waals surface area contributed by atoms with Gasteiger partial charge in [0.25, 0.3) is 0 Å². The number of piperazine rings is 1. The number of anilines is 1. The van der Waals surface area contributed by atoms with Crippen molar-refractivity contribution in [3.63, 3.8) is 0 Å². The Bertz CT molecular complexity index is 746. The molecular formula is C22H30N2O. The summed E-state index contributed by atoms with van der Waals surface area (Å²) in [6, 6.07) is 11.1. The summed E-state index contributed by atoms with van der Waals surface area (Å²) in [7, 11) is 1.74. The summed E-state index contributed by atoms with van der Waals surface area (Å²) in [5, 5.41) is 0. The van der Waals surface area contributed by atoms with Crippen LogP contribution in [0.2, 0.25) is 0 Å². The summed E-state index contributed by atoms with van der Waals surface area (Å²) >= 11 is 0. The van der Waals surface area contributed by atoms with Crippen LogP contribution >= 0.6 is 0 Å². The average molecular weight is 338 g/mol. The number of aryl methyl sites for hydroxylation is 2. The predicted octanol–water partition coefficient (Wildman–Crippen LogP) is 4.25. The van der Waals surface area contributed by atoms with Gasteiger partial charge in [0.1, 0.15) is 5.75 Å². The number of ether oxygens (including phenoxy) is 1. The maximum atomic E-state index is 5.43. The normalized spacial score (nSPS) is 15.5. The smallest absolute Gasteiger partial charge is 0.122 e. The van der Waals surface area contributed by atoms with Crippen LogP contribution in [-0.4, -0.2) is 38.2 Å². The maximum Gasteiger partial charge on any atom is 0.122 e.